The Morgan fingerprint density at radius 1 is 1.08 bits per heavy atom. The van der Waals surface area contributed by atoms with E-state index in [-0.39, 0.29) is 35.8 Å². The Bertz CT molecular complexity index is 1370. The number of likely N-dealkylation sites (tertiary alicyclic amines) is 1. The molecule has 0 radical (unpaired) electrons. The van der Waals surface area contributed by atoms with Crippen LogP contribution in [0.15, 0.2) is 23.0 Å². The molecule has 2 aromatic heterocycles. The number of aromatic nitrogens is 2. The first-order valence-electron chi connectivity index (χ1n) is 12.5. The van der Waals surface area contributed by atoms with Crippen LogP contribution in [0.25, 0.3) is 16.6 Å². The van der Waals surface area contributed by atoms with Crippen molar-refractivity contribution in [1.82, 2.24) is 24.9 Å². The van der Waals surface area contributed by atoms with Gasteiger partial charge in [-0.3, -0.25) is 18.8 Å². The number of amides is 2. The molecule has 5 rings (SSSR count). The number of hydrogen-bond acceptors (Lipinski definition) is 6. The van der Waals surface area contributed by atoms with E-state index in [9.17, 15) is 14.4 Å². The van der Waals surface area contributed by atoms with E-state index in [0.717, 1.165) is 51.7 Å². The molecule has 194 valence electrons. The number of aromatic amines is 1. The summed E-state index contributed by atoms with van der Waals surface area (Å²) in [7, 11) is 0. The molecule has 3 N–H and O–H groups in total. The Kier molecular flexibility index (Phi) is 8.82. The van der Waals surface area contributed by atoms with Crippen molar-refractivity contribution in [3.8, 4) is 0 Å². The van der Waals surface area contributed by atoms with Gasteiger partial charge in [0.25, 0.3) is 17.4 Å². The summed E-state index contributed by atoms with van der Waals surface area (Å²) in [5.74, 6) is -0.395. The van der Waals surface area contributed by atoms with Crippen LogP contribution in [0.2, 0.25) is 0 Å². The summed E-state index contributed by atoms with van der Waals surface area (Å²) in [6.07, 6.45) is 8.89. The maximum Gasteiger partial charge on any atom is 0.265 e. The highest BCUT2D eigenvalue weighted by Gasteiger charge is 2.23. The Morgan fingerprint density at radius 2 is 1.83 bits per heavy atom. The van der Waals surface area contributed by atoms with E-state index >= 15 is 0 Å². The second kappa shape index (κ2) is 11.9. The highest BCUT2D eigenvalue weighted by molar-refractivity contribution is 7.73. The monoisotopic (exact) mass is 549 g/mol. The summed E-state index contributed by atoms with van der Waals surface area (Å²) in [5, 5.41) is 6.49. The largest absolute Gasteiger partial charge is 0.352 e. The molecule has 1 aliphatic carbocycles. The Hall–Kier alpha value is -2.27. The van der Waals surface area contributed by atoms with Gasteiger partial charge in [0.15, 0.2) is 3.95 Å². The van der Waals surface area contributed by atoms with Crippen molar-refractivity contribution in [1.29, 1.82) is 0 Å². The van der Waals surface area contributed by atoms with Crippen LogP contribution in [0.5, 0.6) is 0 Å². The van der Waals surface area contributed by atoms with E-state index in [2.05, 4.69) is 20.5 Å². The van der Waals surface area contributed by atoms with Gasteiger partial charge in [-0.1, -0.05) is 30.6 Å². The summed E-state index contributed by atoms with van der Waals surface area (Å²) in [4.78, 5) is 44.3. The predicted octanol–water partition coefficient (Wildman–Crippen LogP) is 4.27. The van der Waals surface area contributed by atoms with Crippen molar-refractivity contribution in [3.05, 3.63) is 42.9 Å². The molecular weight excluding hydrogens is 518 g/mol. The SMILES string of the molecule is Cl.O=C(NCCCN1CCCCC1)c1ccc2c(=O)[nH]c3c(C(=O)NC4CCCC4)sc(=S)n3c2c1. The summed E-state index contributed by atoms with van der Waals surface area (Å²) < 4.78 is 2.16. The molecule has 36 heavy (non-hydrogen) atoms. The molecule has 1 aromatic carbocycles. The number of nitrogens with one attached hydrogen (secondary N) is 3. The second-order valence-electron chi connectivity index (χ2n) is 9.53. The van der Waals surface area contributed by atoms with Crippen LogP contribution >= 0.6 is 36.0 Å². The van der Waals surface area contributed by atoms with E-state index < -0.39 is 0 Å². The highest BCUT2D eigenvalue weighted by atomic mass is 35.5. The predicted molar refractivity (Wildman–Crippen MR) is 148 cm³/mol. The lowest BCUT2D eigenvalue weighted by Gasteiger charge is -2.26. The average Bonchev–Trinajstić information content (AvgIpc) is 3.49. The summed E-state index contributed by atoms with van der Waals surface area (Å²) in [5.41, 5.74) is 1.07. The van der Waals surface area contributed by atoms with E-state index in [0.29, 0.717) is 37.5 Å². The molecule has 8 nitrogen and oxygen atoms in total. The Labute approximate surface area is 224 Å². The minimum absolute atomic E-state index is 0. The highest BCUT2D eigenvalue weighted by Crippen LogP contribution is 2.25. The molecule has 3 aromatic rings. The van der Waals surface area contributed by atoms with Crippen LogP contribution in [0.3, 0.4) is 0 Å². The van der Waals surface area contributed by atoms with Gasteiger partial charge in [-0.25, -0.2) is 0 Å². The quantitative estimate of drug-likeness (QED) is 0.302. The molecule has 2 aliphatic rings. The topological polar surface area (TPSA) is 98.7 Å². The smallest absolute Gasteiger partial charge is 0.265 e. The number of fused-ring (bicyclic) bond motifs is 3. The van der Waals surface area contributed by atoms with E-state index in [1.807, 2.05) is 0 Å². The molecule has 0 bridgehead atoms. The molecule has 0 atom stereocenters. The molecule has 2 fully saturated rings. The summed E-state index contributed by atoms with van der Waals surface area (Å²) >= 11 is 6.76. The van der Waals surface area contributed by atoms with Crippen LogP contribution in [0.1, 0.15) is 71.4 Å². The van der Waals surface area contributed by atoms with Gasteiger partial charge in [0, 0.05) is 18.2 Å². The van der Waals surface area contributed by atoms with Gasteiger partial charge in [-0.2, -0.15) is 0 Å². The van der Waals surface area contributed by atoms with E-state index in [1.54, 1.807) is 22.6 Å². The third kappa shape index (κ3) is 5.66. The first kappa shape index (κ1) is 26.8. The molecule has 11 heteroatoms. The zero-order chi connectivity index (χ0) is 24.4. The lowest BCUT2D eigenvalue weighted by Crippen LogP contribution is -2.33. The second-order valence-corrected chi connectivity index (χ2v) is 11.2. The first-order chi connectivity index (χ1) is 17.0. The van der Waals surface area contributed by atoms with Gasteiger partial charge in [-0.15, -0.1) is 12.4 Å². The molecule has 1 saturated carbocycles. The average molecular weight is 550 g/mol. The zero-order valence-corrected chi connectivity index (χ0v) is 22.6. The fourth-order valence-corrected chi connectivity index (χ4v) is 6.48. The van der Waals surface area contributed by atoms with Crippen molar-refractivity contribution in [2.45, 2.75) is 57.4 Å². The maximum atomic E-state index is 13.0. The number of hydrogen-bond donors (Lipinski definition) is 3. The number of carbonyl (C=O) groups excluding carboxylic acids is 2. The van der Waals surface area contributed by atoms with Crippen molar-refractivity contribution < 1.29 is 9.59 Å². The number of thiazole rings is 1. The standard InChI is InChI=1S/C25H31N5O3S2.ClH/c31-22(26-11-6-14-29-12-4-1-5-13-29)16-9-10-18-19(15-16)30-21(28-23(18)32)20(35-25(30)34)24(33)27-17-7-2-3-8-17;/h9-10,15,17H,1-8,11-14H2,(H,26,31)(H,27,33)(H,28,32);1H. The molecule has 3 heterocycles. The number of rotatable bonds is 7. The van der Waals surface area contributed by atoms with Gasteiger partial charge < -0.3 is 20.5 Å². The lowest BCUT2D eigenvalue weighted by molar-refractivity contribution is 0.0937. The number of benzene rings is 1. The van der Waals surface area contributed by atoms with Crippen LogP contribution in [-0.4, -0.2) is 58.3 Å². The van der Waals surface area contributed by atoms with Crippen LogP contribution in [0, 0.1) is 3.95 Å². The van der Waals surface area contributed by atoms with Gasteiger partial charge >= 0.3 is 0 Å². The van der Waals surface area contributed by atoms with Gasteiger partial charge in [-0.05, 0) is 82.2 Å². The van der Waals surface area contributed by atoms with Crippen molar-refractivity contribution in [3.63, 3.8) is 0 Å². The van der Waals surface area contributed by atoms with Gasteiger partial charge in [0.05, 0.1) is 10.9 Å². The molecule has 0 spiro atoms. The zero-order valence-electron chi connectivity index (χ0n) is 20.1. The number of nitrogens with zero attached hydrogens (tertiary/aromatic N) is 2. The third-order valence-electron chi connectivity index (χ3n) is 7.07. The van der Waals surface area contributed by atoms with E-state index in [1.165, 1.54) is 30.6 Å². The Morgan fingerprint density at radius 3 is 2.58 bits per heavy atom. The van der Waals surface area contributed by atoms with E-state index in [4.69, 9.17) is 12.2 Å². The number of halogens is 1. The van der Waals surface area contributed by atoms with Crippen LogP contribution < -0.4 is 16.2 Å². The van der Waals surface area contributed by atoms with Crippen molar-refractivity contribution in [2.24, 2.45) is 0 Å². The summed E-state index contributed by atoms with van der Waals surface area (Å²) in [6, 6.07) is 5.16. The summed E-state index contributed by atoms with van der Waals surface area (Å²) in [6.45, 7) is 3.88. The van der Waals surface area contributed by atoms with Crippen LogP contribution in [-0.2, 0) is 0 Å². The number of piperidine rings is 1. The minimum Gasteiger partial charge on any atom is -0.352 e. The lowest BCUT2D eigenvalue weighted by atomic mass is 10.1. The fourth-order valence-electron chi connectivity index (χ4n) is 5.19. The normalized spacial score (nSPS) is 16.8. The first-order valence-corrected chi connectivity index (χ1v) is 13.8. The van der Waals surface area contributed by atoms with Crippen LogP contribution in [0.4, 0.5) is 0 Å². The molecular formula is C25H32ClN5O3S2. The van der Waals surface area contributed by atoms with Crippen molar-refractivity contribution >= 4 is 64.3 Å². The minimum atomic E-state index is -0.309. The number of H-pyrrole nitrogens is 1. The Balaban J connectivity index is 0.00000304. The third-order valence-corrected chi connectivity index (χ3v) is 8.44. The molecule has 2 amide bonds. The molecule has 1 saturated heterocycles. The number of carbonyl (C=O) groups is 2. The molecule has 0 unspecified atom stereocenters. The fraction of sp³-hybridized carbons (Fsp3) is 0.520. The molecule has 1 aliphatic heterocycles. The van der Waals surface area contributed by atoms with Gasteiger partial charge in [0.2, 0.25) is 0 Å². The van der Waals surface area contributed by atoms with Crippen molar-refractivity contribution in [2.75, 3.05) is 26.2 Å². The maximum absolute atomic E-state index is 13.0. The van der Waals surface area contributed by atoms with Gasteiger partial charge in [0.1, 0.15) is 10.5 Å².